The SMILES string of the molecule is Cn1c(=O)oc2cc(-c3ccnc(N)c3C#N)ccc21. The van der Waals surface area contributed by atoms with Gasteiger partial charge in [-0.3, -0.25) is 4.57 Å². The number of nitrogens with two attached hydrogens (primary N) is 1. The summed E-state index contributed by atoms with van der Waals surface area (Å²) < 4.78 is 6.56. The fourth-order valence-electron chi connectivity index (χ4n) is 2.14. The molecule has 0 aliphatic carbocycles. The van der Waals surface area contributed by atoms with Crippen LogP contribution in [0.1, 0.15) is 5.56 Å². The third-order valence-corrected chi connectivity index (χ3v) is 3.20. The summed E-state index contributed by atoms with van der Waals surface area (Å²) in [6.07, 6.45) is 1.54. The largest absolute Gasteiger partial charge is 0.419 e. The second kappa shape index (κ2) is 4.24. The summed E-state index contributed by atoms with van der Waals surface area (Å²) in [7, 11) is 1.64. The molecular formula is C14H10N4O2. The zero-order valence-corrected chi connectivity index (χ0v) is 10.6. The Kier molecular flexibility index (Phi) is 2.54. The fourth-order valence-corrected chi connectivity index (χ4v) is 2.14. The number of aromatic nitrogens is 2. The predicted molar refractivity (Wildman–Crippen MR) is 73.8 cm³/mol. The van der Waals surface area contributed by atoms with Gasteiger partial charge in [-0.05, 0) is 23.8 Å². The molecule has 0 bridgehead atoms. The molecule has 0 radical (unpaired) electrons. The number of fused-ring (bicyclic) bond motifs is 1. The minimum Gasteiger partial charge on any atom is -0.408 e. The van der Waals surface area contributed by atoms with Crippen molar-refractivity contribution in [1.82, 2.24) is 9.55 Å². The molecule has 2 N–H and O–H groups in total. The van der Waals surface area contributed by atoms with Gasteiger partial charge in [-0.25, -0.2) is 9.78 Å². The lowest BCUT2D eigenvalue weighted by atomic mass is 10.0. The van der Waals surface area contributed by atoms with Gasteiger partial charge in [0.1, 0.15) is 17.5 Å². The topological polar surface area (TPSA) is 97.8 Å². The molecule has 20 heavy (non-hydrogen) atoms. The number of nitrogen functional groups attached to an aromatic ring is 1. The zero-order chi connectivity index (χ0) is 14.3. The van der Waals surface area contributed by atoms with Crippen molar-refractivity contribution in [3.63, 3.8) is 0 Å². The Morgan fingerprint density at radius 3 is 2.95 bits per heavy atom. The molecule has 3 rings (SSSR count). The van der Waals surface area contributed by atoms with Crippen LogP contribution >= 0.6 is 0 Å². The monoisotopic (exact) mass is 266 g/mol. The van der Waals surface area contributed by atoms with Crippen molar-refractivity contribution >= 4 is 16.9 Å². The van der Waals surface area contributed by atoms with Gasteiger partial charge in [0.25, 0.3) is 0 Å². The summed E-state index contributed by atoms with van der Waals surface area (Å²) in [5.41, 5.74) is 8.58. The lowest BCUT2D eigenvalue weighted by Gasteiger charge is -2.05. The number of anilines is 1. The first-order valence-corrected chi connectivity index (χ1v) is 5.86. The van der Waals surface area contributed by atoms with Crippen LogP contribution in [0.4, 0.5) is 5.82 Å². The number of nitrogens with zero attached hydrogens (tertiary/aromatic N) is 3. The number of hydrogen-bond donors (Lipinski definition) is 1. The van der Waals surface area contributed by atoms with E-state index in [4.69, 9.17) is 10.2 Å². The Morgan fingerprint density at radius 1 is 1.40 bits per heavy atom. The molecule has 0 fully saturated rings. The van der Waals surface area contributed by atoms with E-state index in [1.165, 1.54) is 10.8 Å². The first-order valence-electron chi connectivity index (χ1n) is 5.86. The highest BCUT2D eigenvalue weighted by Crippen LogP contribution is 2.28. The van der Waals surface area contributed by atoms with E-state index in [0.717, 1.165) is 5.56 Å². The minimum atomic E-state index is -0.424. The van der Waals surface area contributed by atoms with Gasteiger partial charge in [0.15, 0.2) is 5.58 Å². The molecule has 0 aliphatic rings. The maximum absolute atomic E-state index is 11.5. The van der Waals surface area contributed by atoms with Gasteiger partial charge in [0.2, 0.25) is 0 Å². The number of nitriles is 1. The van der Waals surface area contributed by atoms with Crippen molar-refractivity contribution in [2.75, 3.05) is 5.73 Å². The average molecular weight is 266 g/mol. The first kappa shape index (κ1) is 12.0. The van der Waals surface area contributed by atoms with E-state index in [0.29, 0.717) is 22.2 Å². The highest BCUT2D eigenvalue weighted by atomic mass is 16.4. The zero-order valence-electron chi connectivity index (χ0n) is 10.6. The smallest absolute Gasteiger partial charge is 0.408 e. The molecule has 0 amide bonds. The Labute approximate surface area is 113 Å². The number of aryl methyl sites for hydroxylation is 1. The van der Waals surface area contributed by atoms with Crippen molar-refractivity contribution in [3.8, 4) is 17.2 Å². The Morgan fingerprint density at radius 2 is 2.20 bits per heavy atom. The Bertz CT molecular complexity index is 915. The molecule has 6 nitrogen and oxygen atoms in total. The number of hydrogen-bond acceptors (Lipinski definition) is 5. The molecule has 0 saturated carbocycles. The van der Waals surface area contributed by atoms with E-state index in [2.05, 4.69) is 4.98 Å². The van der Waals surface area contributed by atoms with Crippen LogP contribution < -0.4 is 11.5 Å². The molecule has 98 valence electrons. The average Bonchev–Trinajstić information content (AvgIpc) is 2.73. The fraction of sp³-hybridized carbons (Fsp3) is 0.0714. The van der Waals surface area contributed by atoms with Crippen LogP contribution in [0.25, 0.3) is 22.2 Å². The maximum Gasteiger partial charge on any atom is 0.419 e. The third-order valence-electron chi connectivity index (χ3n) is 3.20. The summed E-state index contributed by atoms with van der Waals surface area (Å²) in [6.45, 7) is 0. The van der Waals surface area contributed by atoms with Crippen LogP contribution in [-0.2, 0) is 7.05 Å². The second-order valence-corrected chi connectivity index (χ2v) is 4.34. The number of oxazole rings is 1. The first-order chi connectivity index (χ1) is 9.61. The van der Waals surface area contributed by atoms with E-state index in [1.54, 1.807) is 25.2 Å². The van der Waals surface area contributed by atoms with Crippen molar-refractivity contribution in [2.45, 2.75) is 0 Å². The lowest BCUT2D eigenvalue weighted by molar-refractivity contribution is 0.528. The van der Waals surface area contributed by atoms with Gasteiger partial charge in [-0.2, -0.15) is 5.26 Å². The van der Waals surface area contributed by atoms with Crippen LogP contribution in [0.5, 0.6) is 0 Å². The van der Waals surface area contributed by atoms with Crippen molar-refractivity contribution in [2.24, 2.45) is 7.05 Å². The van der Waals surface area contributed by atoms with E-state index < -0.39 is 5.76 Å². The highest BCUT2D eigenvalue weighted by Gasteiger charge is 2.12. The molecule has 0 atom stereocenters. The highest BCUT2D eigenvalue weighted by molar-refractivity contribution is 5.83. The van der Waals surface area contributed by atoms with Crippen LogP contribution in [0, 0.1) is 11.3 Å². The second-order valence-electron chi connectivity index (χ2n) is 4.34. The number of benzene rings is 1. The predicted octanol–water partition coefficient (Wildman–Crippen LogP) is 1.65. The minimum absolute atomic E-state index is 0.180. The van der Waals surface area contributed by atoms with Crippen molar-refractivity contribution < 1.29 is 4.42 Å². The van der Waals surface area contributed by atoms with E-state index >= 15 is 0 Å². The standard InChI is InChI=1S/C14H10N4O2/c1-18-11-3-2-8(6-12(11)20-14(18)19)9-4-5-17-13(16)10(9)7-15/h2-6H,1H3,(H2,16,17). The van der Waals surface area contributed by atoms with Crippen LogP contribution in [0.3, 0.4) is 0 Å². The molecule has 1 aromatic carbocycles. The van der Waals surface area contributed by atoms with E-state index in [-0.39, 0.29) is 5.82 Å². The summed E-state index contributed by atoms with van der Waals surface area (Å²) in [6, 6.07) is 9.05. The third kappa shape index (κ3) is 1.65. The molecule has 0 spiro atoms. The van der Waals surface area contributed by atoms with Gasteiger partial charge in [0.05, 0.1) is 5.52 Å². The molecule has 3 aromatic rings. The van der Waals surface area contributed by atoms with Crippen LogP contribution in [0.15, 0.2) is 39.7 Å². The van der Waals surface area contributed by atoms with Crippen molar-refractivity contribution in [3.05, 3.63) is 46.6 Å². The van der Waals surface area contributed by atoms with Crippen molar-refractivity contribution in [1.29, 1.82) is 5.26 Å². The van der Waals surface area contributed by atoms with E-state index in [1.807, 2.05) is 12.1 Å². The van der Waals surface area contributed by atoms with Crippen LogP contribution in [-0.4, -0.2) is 9.55 Å². The normalized spacial score (nSPS) is 10.6. The lowest BCUT2D eigenvalue weighted by Crippen LogP contribution is -2.08. The maximum atomic E-state index is 11.5. The molecule has 0 saturated heterocycles. The summed E-state index contributed by atoms with van der Waals surface area (Å²) in [5.74, 6) is -0.244. The van der Waals surface area contributed by atoms with Gasteiger partial charge in [0, 0.05) is 18.8 Å². The number of rotatable bonds is 1. The summed E-state index contributed by atoms with van der Waals surface area (Å²) >= 11 is 0. The van der Waals surface area contributed by atoms with Gasteiger partial charge < -0.3 is 10.2 Å². The van der Waals surface area contributed by atoms with Gasteiger partial charge >= 0.3 is 5.76 Å². The van der Waals surface area contributed by atoms with Crippen LogP contribution in [0.2, 0.25) is 0 Å². The molecule has 6 heteroatoms. The van der Waals surface area contributed by atoms with E-state index in [9.17, 15) is 10.1 Å². The summed E-state index contributed by atoms with van der Waals surface area (Å²) in [4.78, 5) is 15.4. The van der Waals surface area contributed by atoms with Gasteiger partial charge in [-0.15, -0.1) is 0 Å². The molecule has 2 aromatic heterocycles. The molecule has 0 unspecified atom stereocenters. The Hall–Kier alpha value is -3.07. The Balaban J connectivity index is 2.29. The molecule has 0 aliphatic heterocycles. The summed E-state index contributed by atoms with van der Waals surface area (Å²) in [5, 5.41) is 9.17. The quantitative estimate of drug-likeness (QED) is 0.722. The molecule has 2 heterocycles. The number of pyridine rings is 1. The molecular weight excluding hydrogens is 256 g/mol. The van der Waals surface area contributed by atoms with Gasteiger partial charge in [-0.1, -0.05) is 6.07 Å².